The summed E-state index contributed by atoms with van der Waals surface area (Å²) in [5.41, 5.74) is 0. The average Bonchev–Trinajstić information content (AvgIpc) is 2.19. The summed E-state index contributed by atoms with van der Waals surface area (Å²) in [4.78, 5) is 2.25. The van der Waals surface area contributed by atoms with E-state index in [1.807, 2.05) is 0 Å². The summed E-state index contributed by atoms with van der Waals surface area (Å²) < 4.78 is 0. The van der Waals surface area contributed by atoms with E-state index >= 15 is 0 Å². The van der Waals surface area contributed by atoms with Gasteiger partial charge in [0.05, 0.1) is 0 Å². The van der Waals surface area contributed by atoms with Crippen molar-refractivity contribution in [3.63, 3.8) is 0 Å². The van der Waals surface area contributed by atoms with Crippen molar-refractivity contribution < 1.29 is 0 Å². The highest BCUT2D eigenvalue weighted by Crippen LogP contribution is 2.21. The molecule has 0 aromatic carbocycles. The van der Waals surface area contributed by atoms with Crippen LogP contribution in [-0.2, 0) is 0 Å². The van der Waals surface area contributed by atoms with Crippen LogP contribution in [0.4, 0.5) is 0 Å². The molecule has 0 radical (unpaired) electrons. The highest BCUT2D eigenvalue weighted by atomic mass is 15.1. The van der Waals surface area contributed by atoms with Crippen molar-refractivity contribution >= 4 is 0 Å². The molecule has 1 fully saturated rings. The zero-order chi connectivity index (χ0) is 10.1. The van der Waals surface area contributed by atoms with Crippen LogP contribution in [0.3, 0.4) is 0 Å². The fraction of sp³-hybridized carbons (Fsp3) is 1.00. The molecule has 0 aromatic heterocycles. The van der Waals surface area contributed by atoms with Crippen molar-refractivity contribution in [3.05, 3.63) is 0 Å². The van der Waals surface area contributed by atoms with E-state index in [1.165, 1.54) is 32.1 Å². The lowest BCUT2D eigenvalue weighted by molar-refractivity contribution is 0.373. The molecule has 0 N–H and O–H groups in total. The molecule has 1 heteroatoms. The van der Waals surface area contributed by atoms with Crippen LogP contribution < -0.4 is 0 Å². The predicted octanol–water partition coefficient (Wildman–Crippen LogP) is 3.54. The summed E-state index contributed by atoms with van der Waals surface area (Å²) in [5, 5.41) is 0. The van der Waals surface area contributed by atoms with Crippen LogP contribution >= 0.6 is 0 Å². The van der Waals surface area contributed by atoms with Crippen molar-refractivity contribution in [3.8, 4) is 0 Å². The maximum absolute atomic E-state index is 2.36. The first-order valence-corrected chi connectivity index (χ1v) is 5.89. The Balaban J connectivity index is 0.000000226. The minimum atomic E-state index is 1.04. The fourth-order valence-electron chi connectivity index (χ4n) is 1.53. The largest absolute Gasteiger partial charge is 0.307 e. The van der Waals surface area contributed by atoms with Crippen LogP contribution in [0.15, 0.2) is 0 Å². The van der Waals surface area contributed by atoms with Gasteiger partial charge in [0.25, 0.3) is 0 Å². The van der Waals surface area contributed by atoms with Crippen molar-refractivity contribution in [2.45, 2.75) is 52.9 Å². The van der Waals surface area contributed by atoms with Crippen LogP contribution in [0.1, 0.15) is 52.9 Å². The molecule has 0 amide bonds. The molecule has 13 heavy (non-hydrogen) atoms. The average molecular weight is 185 g/mol. The Bertz CT molecular complexity index is 91.3. The Morgan fingerprint density at radius 2 is 1.46 bits per heavy atom. The van der Waals surface area contributed by atoms with Crippen LogP contribution in [0.2, 0.25) is 0 Å². The van der Waals surface area contributed by atoms with Gasteiger partial charge in [-0.15, -0.1) is 0 Å². The molecule has 1 rings (SSSR count). The van der Waals surface area contributed by atoms with Gasteiger partial charge in [-0.05, 0) is 26.1 Å². The van der Waals surface area contributed by atoms with Gasteiger partial charge in [0.1, 0.15) is 0 Å². The second kappa shape index (κ2) is 8.55. The number of rotatable bonds is 2. The molecule has 1 nitrogen and oxygen atoms in total. The minimum Gasteiger partial charge on any atom is -0.307 e. The summed E-state index contributed by atoms with van der Waals surface area (Å²) in [6, 6.07) is 0. The topological polar surface area (TPSA) is 3.24 Å². The molecular formula is C12H27N. The standard InChI is InChI=1S/C7H14.C5H13N/c1-7-5-3-2-4-6-7;1-4-6(3)5-2/h7H,2-6H2,1H3;4-5H2,1-3H3. The van der Waals surface area contributed by atoms with Gasteiger partial charge in [-0.25, -0.2) is 0 Å². The van der Waals surface area contributed by atoms with E-state index in [4.69, 9.17) is 0 Å². The number of hydrogen-bond donors (Lipinski definition) is 0. The quantitative estimate of drug-likeness (QED) is 0.636. The zero-order valence-electron chi connectivity index (χ0n) is 9.97. The summed E-state index contributed by atoms with van der Waals surface area (Å²) in [5.74, 6) is 1.04. The van der Waals surface area contributed by atoms with E-state index in [0.29, 0.717) is 0 Å². The first-order chi connectivity index (χ1) is 6.20. The molecule has 1 aliphatic carbocycles. The van der Waals surface area contributed by atoms with E-state index in [2.05, 4.69) is 32.7 Å². The Kier molecular flexibility index (Phi) is 8.53. The van der Waals surface area contributed by atoms with E-state index < -0.39 is 0 Å². The number of nitrogens with zero attached hydrogens (tertiary/aromatic N) is 1. The van der Waals surface area contributed by atoms with Gasteiger partial charge >= 0.3 is 0 Å². The van der Waals surface area contributed by atoms with Gasteiger partial charge < -0.3 is 4.90 Å². The molecule has 0 unspecified atom stereocenters. The third-order valence-corrected chi connectivity index (χ3v) is 2.97. The smallest absolute Gasteiger partial charge is 0.00504 e. The van der Waals surface area contributed by atoms with E-state index in [9.17, 15) is 0 Å². The van der Waals surface area contributed by atoms with Gasteiger partial charge in [-0.2, -0.15) is 0 Å². The monoisotopic (exact) mass is 185 g/mol. The maximum atomic E-state index is 2.36. The van der Waals surface area contributed by atoms with Crippen LogP contribution in [0.5, 0.6) is 0 Å². The fourth-order valence-corrected chi connectivity index (χ4v) is 1.53. The molecule has 1 aliphatic rings. The molecule has 0 aliphatic heterocycles. The van der Waals surface area contributed by atoms with Crippen molar-refractivity contribution in [2.75, 3.05) is 20.1 Å². The second-order valence-corrected chi connectivity index (χ2v) is 4.23. The molecule has 0 saturated heterocycles. The Labute approximate surface area is 84.5 Å². The van der Waals surface area contributed by atoms with E-state index in [1.54, 1.807) is 0 Å². The lowest BCUT2D eigenvalue weighted by Crippen LogP contribution is -2.15. The second-order valence-electron chi connectivity index (χ2n) is 4.23. The summed E-state index contributed by atoms with van der Waals surface area (Å²) in [6.07, 6.45) is 7.44. The first-order valence-electron chi connectivity index (χ1n) is 5.89. The summed E-state index contributed by atoms with van der Waals surface area (Å²) in [6.45, 7) is 9.00. The molecule has 0 bridgehead atoms. The van der Waals surface area contributed by atoms with E-state index in [-0.39, 0.29) is 0 Å². The molecule has 0 atom stereocenters. The lowest BCUT2D eigenvalue weighted by Gasteiger charge is -2.15. The van der Waals surface area contributed by atoms with Crippen LogP contribution in [0.25, 0.3) is 0 Å². The minimum absolute atomic E-state index is 1.04. The SMILES string of the molecule is CC1CCCCC1.CCN(C)CC. The van der Waals surface area contributed by atoms with Crippen molar-refractivity contribution in [1.29, 1.82) is 0 Å². The molecule has 0 aromatic rings. The third-order valence-electron chi connectivity index (χ3n) is 2.97. The molecule has 1 saturated carbocycles. The third kappa shape index (κ3) is 8.29. The van der Waals surface area contributed by atoms with Crippen LogP contribution in [0, 0.1) is 5.92 Å². The predicted molar refractivity (Wildman–Crippen MR) is 61.1 cm³/mol. The molecule has 0 spiro atoms. The van der Waals surface area contributed by atoms with E-state index in [0.717, 1.165) is 19.0 Å². The highest BCUT2D eigenvalue weighted by Gasteiger charge is 2.05. The van der Waals surface area contributed by atoms with Crippen molar-refractivity contribution in [2.24, 2.45) is 5.92 Å². The highest BCUT2D eigenvalue weighted by molar-refractivity contribution is 4.59. The van der Waals surface area contributed by atoms with Gasteiger partial charge in [0, 0.05) is 0 Å². The normalized spacial score (nSPS) is 18.2. The molecule has 80 valence electrons. The summed E-state index contributed by atoms with van der Waals surface area (Å²) in [7, 11) is 2.11. The maximum Gasteiger partial charge on any atom is -0.00504 e. The van der Waals surface area contributed by atoms with Crippen LogP contribution in [-0.4, -0.2) is 25.0 Å². The Hall–Kier alpha value is -0.0400. The molecule has 0 heterocycles. The zero-order valence-corrected chi connectivity index (χ0v) is 9.97. The van der Waals surface area contributed by atoms with Gasteiger partial charge in [0.2, 0.25) is 0 Å². The summed E-state index contributed by atoms with van der Waals surface area (Å²) >= 11 is 0. The van der Waals surface area contributed by atoms with Gasteiger partial charge in [-0.1, -0.05) is 52.9 Å². The molecular weight excluding hydrogens is 158 g/mol. The van der Waals surface area contributed by atoms with Gasteiger partial charge in [-0.3, -0.25) is 0 Å². The van der Waals surface area contributed by atoms with Crippen molar-refractivity contribution in [1.82, 2.24) is 4.90 Å². The first kappa shape index (κ1) is 13.0. The Morgan fingerprint density at radius 1 is 1.00 bits per heavy atom. The Morgan fingerprint density at radius 3 is 1.62 bits per heavy atom. The van der Waals surface area contributed by atoms with Gasteiger partial charge in [0.15, 0.2) is 0 Å². The lowest BCUT2D eigenvalue weighted by atomic mass is 9.91. The number of hydrogen-bond acceptors (Lipinski definition) is 1.